The number of para-hydroxylation sites is 1. The van der Waals surface area contributed by atoms with E-state index in [-0.39, 0.29) is 47.0 Å². The number of benzene rings is 2. The molecule has 33 heavy (non-hydrogen) atoms. The second-order valence-corrected chi connectivity index (χ2v) is 11.4. The lowest BCUT2D eigenvalue weighted by molar-refractivity contribution is 0.493. The van der Waals surface area contributed by atoms with Crippen molar-refractivity contribution in [2.24, 2.45) is 5.14 Å². The number of anilines is 2. The van der Waals surface area contributed by atoms with Crippen LogP contribution in [0.1, 0.15) is 0 Å². The maximum Gasteiger partial charge on any atom is 0.240 e. The molecule has 0 saturated carbocycles. The fourth-order valence-corrected chi connectivity index (χ4v) is 6.96. The largest absolute Gasteiger partial charge is 0.755 e. The maximum absolute atomic E-state index is 13.2. The first-order chi connectivity index (χ1) is 15.5. The van der Waals surface area contributed by atoms with Gasteiger partial charge in [0.2, 0.25) is 15.8 Å². The monoisotopic (exact) mass is 513 g/mol. The predicted octanol–water partition coefficient (Wildman–Crippen LogP) is -1.29. The number of tetrazole rings is 1. The number of H-pyrrole nitrogens is 1. The van der Waals surface area contributed by atoms with Gasteiger partial charge in [-0.05, 0) is 22.9 Å². The lowest BCUT2D eigenvalue weighted by Gasteiger charge is -2.28. The summed E-state index contributed by atoms with van der Waals surface area (Å²) in [7, 11) is -8.74. The van der Waals surface area contributed by atoms with E-state index in [0.717, 1.165) is 6.07 Å². The average molecular weight is 514 g/mol. The molecule has 1 aliphatic heterocycles. The lowest BCUT2D eigenvalue weighted by Crippen LogP contribution is -2.51. The Morgan fingerprint density at radius 1 is 1.12 bits per heavy atom. The molecule has 0 aliphatic carbocycles. The quantitative estimate of drug-likeness (QED) is 0.184. The van der Waals surface area contributed by atoms with Crippen LogP contribution in [-0.4, -0.2) is 64.6 Å². The van der Waals surface area contributed by atoms with Gasteiger partial charge in [-0.25, -0.2) is 22.0 Å². The molecule has 1 unspecified atom stereocenters. The fraction of sp³-hybridized carbons (Fsp3) is 0.188. The highest BCUT2D eigenvalue weighted by molar-refractivity contribution is 7.94. The first kappa shape index (κ1) is 23.2. The Hall–Kier alpha value is -2.96. The van der Waals surface area contributed by atoms with Crippen molar-refractivity contribution in [1.29, 1.82) is 0 Å². The molecule has 0 bridgehead atoms. The van der Waals surface area contributed by atoms with E-state index in [1.807, 2.05) is 0 Å². The zero-order valence-electron chi connectivity index (χ0n) is 16.5. The summed E-state index contributed by atoms with van der Waals surface area (Å²) in [6.45, 7) is 0.303. The van der Waals surface area contributed by atoms with Crippen LogP contribution in [0, 0.1) is 0 Å². The molecule has 4 rings (SSSR count). The Labute approximate surface area is 190 Å². The number of primary sulfonamides is 1. The highest BCUT2D eigenvalue weighted by atomic mass is 32.2. The molecule has 0 spiro atoms. The van der Waals surface area contributed by atoms with Gasteiger partial charge >= 0.3 is 0 Å². The van der Waals surface area contributed by atoms with Crippen molar-refractivity contribution < 1.29 is 25.6 Å². The first-order valence-electron chi connectivity index (χ1n) is 9.15. The molecule has 3 aromatic rings. The molecule has 1 saturated heterocycles. The van der Waals surface area contributed by atoms with E-state index in [2.05, 4.69) is 30.7 Å². The van der Waals surface area contributed by atoms with Gasteiger partial charge in [0.1, 0.15) is 4.90 Å². The summed E-state index contributed by atoms with van der Waals surface area (Å²) in [6, 6.07) is 6.82. The van der Waals surface area contributed by atoms with E-state index in [4.69, 9.17) is 10.9 Å². The summed E-state index contributed by atoms with van der Waals surface area (Å²) < 4.78 is 76.1. The Morgan fingerprint density at radius 2 is 1.85 bits per heavy atom. The van der Waals surface area contributed by atoms with Crippen LogP contribution in [-0.2, 0) is 31.1 Å². The maximum atomic E-state index is 13.2. The molecule has 14 nitrogen and oxygen atoms in total. The number of hydrogen-bond acceptors (Lipinski definition) is 11. The summed E-state index contributed by atoms with van der Waals surface area (Å²) in [5.41, 5.74) is 6.15. The number of nitrogens with two attached hydrogens (primary N) is 2. The Kier molecular flexibility index (Phi) is 5.93. The Bertz CT molecular complexity index is 1450. The van der Waals surface area contributed by atoms with Crippen LogP contribution in [0.25, 0.3) is 22.5 Å². The molecule has 2 heterocycles. The zero-order valence-corrected chi connectivity index (χ0v) is 19.0. The number of nitrogens with zero attached hydrogens (tertiary/aromatic N) is 3. The smallest absolute Gasteiger partial charge is 0.240 e. The third kappa shape index (κ3) is 4.21. The van der Waals surface area contributed by atoms with Crippen molar-refractivity contribution in [3.8, 4) is 22.5 Å². The molecule has 17 heteroatoms. The van der Waals surface area contributed by atoms with Gasteiger partial charge < -0.3 is 20.3 Å². The van der Waals surface area contributed by atoms with Crippen molar-refractivity contribution in [2.45, 2.75) is 15.0 Å². The van der Waals surface area contributed by atoms with Crippen LogP contribution in [0.5, 0.6) is 0 Å². The summed E-state index contributed by atoms with van der Waals surface area (Å²) in [6.07, 6.45) is 0. The van der Waals surface area contributed by atoms with Gasteiger partial charge in [-0.15, -0.1) is 10.2 Å². The molecule has 0 amide bonds. The molecule has 1 aliphatic rings. The van der Waals surface area contributed by atoms with E-state index >= 15 is 0 Å². The molecule has 1 fully saturated rings. The number of nitrogens with one attached hydrogen (secondary N) is 3. The fourth-order valence-electron chi connectivity index (χ4n) is 3.42. The van der Waals surface area contributed by atoms with Gasteiger partial charge in [0, 0.05) is 29.9 Å². The number of aromatic nitrogens is 4. The third-order valence-corrected chi connectivity index (χ3v) is 8.73. The van der Waals surface area contributed by atoms with Crippen molar-refractivity contribution in [2.75, 3.05) is 23.5 Å². The van der Waals surface area contributed by atoms with Crippen LogP contribution < -0.4 is 20.9 Å². The number of sulfonamides is 1. The van der Waals surface area contributed by atoms with E-state index in [1.54, 1.807) is 0 Å². The van der Waals surface area contributed by atoms with Gasteiger partial charge in [-0.2, -0.15) is 5.21 Å². The van der Waals surface area contributed by atoms with Crippen LogP contribution in [0.3, 0.4) is 0 Å². The number of nitrogen functional groups attached to an aromatic ring is 1. The second-order valence-electron chi connectivity index (χ2n) is 7.02. The number of rotatable bonds is 7. The first-order valence-corrected chi connectivity index (χ1v) is 13.3. The minimum Gasteiger partial charge on any atom is -0.755 e. The third-order valence-electron chi connectivity index (χ3n) is 5.05. The van der Waals surface area contributed by atoms with Gasteiger partial charge in [-0.3, -0.25) is 4.21 Å². The number of sulfone groups is 1. The highest BCUT2D eigenvalue weighted by Crippen LogP contribution is 2.42. The van der Waals surface area contributed by atoms with E-state index in [9.17, 15) is 25.6 Å². The molecule has 2 aromatic carbocycles. The molecule has 1 atom stereocenters. The second kappa shape index (κ2) is 8.43. The molecular weight excluding hydrogens is 496 g/mol. The van der Waals surface area contributed by atoms with Crippen LogP contribution in [0.2, 0.25) is 0 Å². The zero-order chi connectivity index (χ0) is 24.0. The Balaban J connectivity index is 2.08. The van der Waals surface area contributed by atoms with Crippen LogP contribution >= 0.6 is 0 Å². The van der Waals surface area contributed by atoms with E-state index in [0.29, 0.717) is 0 Å². The summed E-state index contributed by atoms with van der Waals surface area (Å²) in [5.74, 6) is -0.247. The SMILES string of the molecule is Nc1c(NS(=O)[O-])cccc1-c1ccc(S(=O)(=O)C2CNC2)c(S(N)(=O)=O)c1-c1nn[nH]n1. The van der Waals surface area contributed by atoms with Crippen molar-refractivity contribution in [3.63, 3.8) is 0 Å². The van der Waals surface area contributed by atoms with E-state index in [1.165, 1.54) is 24.3 Å². The highest BCUT2D eigenvalue weighted by Gasteiger charge is 2.38. The molecule has 7 N–H and O–H groups in total. The summed E-state index contributed by atoms with van der Waals surface area (Å²) in [5, 5.41) is 20.7. The molecule has 1 aromatic heterocycles. The normalized spacial score (nSPS) is 15.7. The van der Waals surface area contributed by atoms with Gasteiger partial charge in [0.15, 0.2) is 9.84 Å². The number of aromatic amines is 1. The average Bonchev–Trinajstić information content (AvgIpc) is 3.20. The summed E-state index contributed by atoms with van der Waals surface area (Å²) in [4.78, 5) is -1.22. The van der Waals surface area contributed by atoms with Crippen LogP contribution in [0.15, 0.2) is 40.1 Å². The standard InChI is InChI=1S/C16H18N8O6S3/c17-14-10(2-1-3-11(14)22-31(25)26)9-4-5-12(32(27,28)8-6-19-7-8)15(33(18,29)30)13(9)16-20-23-24-21-16/h1-5,8,19,22H,6-7,17H2,(H,25,26)(H2,18,29,30)(H,20,21,23,24)/p-1. The minimum absolute atomic E-state index is 0.0225. The minimum atomic E-state index is -4.64. The Morgan fingerprint density at radius 3 is 2.39 bits per heavy atom. The summed E-state index contributed by atoms with van der Waals surface area (Å²) >= 11 is -2.68. The lowest BCUT2D eigenvalue weighted by atomic mass is 9.97. The van der Waals surface area contributed by atoms with Gasteiger partial charge in [0.05, 0.1) is 27.1 Å². The topological polar surface area (TPSA) is 239 Å². The van der Waals surface area contributed by atoms with E-state index < -0.39 is 46.2 Å². The van der Waals surface area contributed by atoms with Crippen molar-refractivity contribution in [1.82, 2.24) is 25.9 Å². The molecule has 0 radical (unpaired) electrons. The van der Waals surface area contributed by atoms with Gasteiger partial charge in [0.25, 0.3) is 0 Å². The number of hydrogen-bond donors (Lipinski definition) is 5. The van der Waals surface area contributed by atoms with Crippen molar-refractivity contribution >= 4 is 42.5 Å². The van der Waals surface area contributed by atoms with Crippen LogP contribution in [0.4, 0.5) is 11.4 Å². The molecule has 176 valence electrons. The van der Waals surface area contributed by atoms with Crippen molar-refractivity contribution in [3.05, 3.63) is 30.3 Å². The van der Waals surface area contributed by atoms with Gasteiger partial charge in [-0.1, -0.05) is 18.2 Å². The predicted molar refractivity (Wildman–Crippen MR) is 117 cm³/mol. The molecular formula is C16H17N8O6S3-.